The summed E-state index contributed by atoms with van der Waals surface area (Å²) < 4.78 is 86.7. The van der Waals surface area contributed by atoms with E-state index in [0.29, 0.717) is 49.4 Å². The summed E-state index contributed by atoms with van der Waals surface area (Å²) in [5.74, 6) is 0.268. The molecule has 230 valence electrons. The van der Waals surface area contributed by atoms with Crippen LogP contribution in [0.5, 0.6) is 5.75 Å². The molecule has 0 bridgehead atoms. The summed E-state index contributed by atoms with van der Waals surface area (Å²) in [6.07, 6.45) is -9.72. The Morgan fingerprint density at radius 3 is 2.17 bits per heavy atom. The van der Waals surface area contributed by atoms with Crippen molar-refractivity contribution in [2.75, 3.05) is 40.3 Å². The highest BCUT2D eigenvalue weighted by atomic mass is 35.5. The number of benzene rings is 2. The number of hydrogen-bond donors (Lipinski definition) is 2. The molecule has 2 aliphatic heterocycles. The molecule has 0 saturated carbocycles. The number of aliphatic hydroxyl groups is 1. The zero-order valence-corrected chi connectivity index (χ0v) is 23.4. The van der Waals surface area contributed by atoms with Crippen molar-refractivity contribution in [1.82, 2.24) is 20.0 Å². The largest absolute Gasteiger partial charge is 0.488 e. The monoisotopic (exact) mass is 622 g/mol. The third-order valence-electron chi connectivity index (χ3n) is 7.33. The van der Waals surface area contributed by atoms with Crippen molar-refractivity contribution in [3.8, 4) is 5.75 Å². The number of nitrogens with zero attached hydrogens (tertiary/aromatic N) is 3. The van der Waals surface area contributed by atoms with Crippen LogP contribution in [0.1, 0.15) is 34.3 Å². The van der Waals surface area contributed by atoms with Crippen LogP contribution in [0.15, 0.2) is 42.5 Å². The van der Waals surface area contributed by atoms with Crippen LogP contribution in [0.4, 0.5) is 31.1 Å². The molecule has 2 heterocycles. The first-order valence-electron chi connectivity index (χ1n) is 13.0. The van der Waals surface area contributed by atoms with Crippen molar-refractivity contribution in [1.29, 1.82) is 0 Å². The number of urea groups is 1. The van der Waals surface area contributed by atoms with Crippen molar-refractivity contribution >= 4 is 23.5 Å². The van der Waals surface area contributed by atoms with Crippen LogP contribution in [0.25, 0.3) is 0 Å². The molecule has 2 aliphatic rings. The smallest absolute Gasteiger partial charge is 0.441 e. The second-order valence-corrected chi connectivity index (χ2v) is 10.9. The van der Waals surface area contributed by atoms with Crippen LogP contribution in [-0.2, 0) is 11.9 Å². The minimum atomic E-state index is -5.50. The number of rotatable bonds is 6. The van der Waals surface area contributed by atoms with Gasteiger partial charge >= 0.3 is 18.4 Å². The maximum atomic E-state index is 13.9. The number of amides is 3. The van der Waals surface area contributed by atoms with E-state index in [1.54, 1.807) is 32.3 Å². The van der Waals surface area contributed by atoms with Gasteiger partial charge in [-0.05, 0) is 43.2 Å². The maximum absolute atomic E-state index is 13.9. The molecule has 4 rings (SSSR count). The number of halogens is 7. The summed E-state index contributed by atoms with van der Waals surface area (Å²) >= 11 is 6.23. The second-order valence-electron chi connectivity index (χ2n) is 10.5. The van der Waals surface area contributed by atoms with E-state index >= 15 is 0 Å². The quantitative estimate of drug-likeness (QED) is 0.360. The summed E-state index contributed by atoms with van der Waals surface area (Å²) in [6, 6.07) is 5.72. The summed E-state index contributed by atoms with van der Waals surface area (Å²) in [6.45, 7) is 1.28. The molecule has 0 spiro atoms. The van der Waals surface area contributed by atoms with Crippen molar-refractivity contribution in [2.24, 2.45) is 0 Å². The average Bonchev–Trinajstić information content (AvgIpc) is 2.89. The molecule has 42 heavy (non-hydrogen) atoms. The van der Waals surface area contributed by atoms with Gasteiger partial charge in [0.25, 0.3) is 11.6 Å². The lowest BCUT2D eigenvalue weighted by Gasteiger charge is -2.47. The van der Waals surface area contributed by atoms with Crippen molar-refractivity contribution in [3.63, 3.8) is 0 Å². The van der Waals surface area contributed by atoms with Gasteiger partial charge in [-0.1, -0.05) is 23.7 Å². The number of hydrogen-bond acceptors (Lipinski definition) is 5. The van der Waals surface area contributed by atoms with Crippen LogP contribution in [0.3, 0.4) is 0 Å². The fourth-order valence-electron chi connectivity index (χ4n) is 4.91. The molecular weight excluding hydrogens is 594 g/mol. The number of piperidine rings is 1. The molecule has 2 aromatic carbocycles. The Labute approximate surface area is 242 Å². The number of ether oxygens (including phenoxy) is 1. The Hall–Kier alpha value is -3.23. The van der Waals surface area contributed by atoms with Crippen molar-refractivity contribution < 1.29 is 45.8 Å². The molecule has 1 atom stereocenters. The van der Waals surface area contributed by atoms with Crippen LogP contribution < -0.4 is 10.1 Å². The van der Waals surface area contributed by atoms with Gasteiger partial charge in [-0.2, -0.15) is 26.3 Å². The van der Waals surface area contributed by atoms with Gasteiger partial charge in [-0.3, -0.25) is 15.0 Å². The van der Waals surface area contributed by atoms with E-state index in [-0.39, 0.29) is 42.2 Å². The first-order chi connectivity index (χ1) is 19.5. The molecule has 2 fully saturated rings. The van der Waals surface area contributed by atoms with Crippen molar-refractivity contribution in [3.05, 3.63) is 64.2 Å². The van der Waals surface area contributed by atoms with Crippen LogP contribution >= 0.6 is 11.6 Å². The predicted molar refractivity (Wildman–Crippen MR) is 140 cm³/mol. The van der Waals surface area contributed by atoms with E-state index in [4.69, 9.17) is 16.3 Å². The zero-order valence-electron chi connectivity index (χ0n) is 22.6. The van der Waals surface area contributed by atoms with E-state index in [1.165, 1.54) is 10.2 Å². The Bertz CT molecular complexity index is 1310. The van der Waals surface area contributed by atoms with E-state index in [1.807, 2.05) is 0 Å². The minimum Gasteiger partial charge on any atom is -0.488 e. The van der Waals surface area contributed by atoms with Crippen LogP contribution in [0.2, 0.25) is 5.02 Å². The summed E-state index contributed by atoms with van der Waals surface area (Å²) in [5, 5.41) is 12.2. The standard InChI is InChI=1S/C27H29ClF6N4O4/c1-36(2)23(39)21-7-6-19(13-22(21)28)42-20-14-38(15-20)18-8-10-37(11-9-18)24(40)35-25(41,27(32,33)34)16-4-3-5-17(12-16)26(29,30)31/h3-7,12-13,18,20,41H,8-11,14-15H2,1-2H3,(H,35,40)/t25-/m0/s1. The molecular formula is C27H29ClF6N4O4. The molecule has 0 aliphatic carbocycles. The van der Waals surface area contributed by atoms with Crippen LogP contribution in [0, 0.1) is 0 Å². The topological polar surface area (TPSA) is 85.4 Å². The molecule has 2 aromatic rings. The molecule has 0 aromatic heterocycles. The van der Waals surface area contributed by atoms with Crippen LogP contribution in [-0.4, -0.2) is 90.3 Å². The van der Waals surface area contributed by atoms with Gasteiger partial charge in [0.2, 0.25) is 0 Å². The lowest BCUT2D eigenvalue weighted by molar-refractivity contribution is -0.275. The number of likely N-dealkylation sites (tertiary alicyclic amines) is 2. The highest BCUT2D eigenvalue weighted by Crippen LogP contribution is 2.39. The second kappa shape index (κ2) is 11.8. The van der Waals surface area contributed by atoms with E-state index < -0.39 is 35.2 Å². The van der Waals surface area contributed by atoms with E-state index in [2.05, 4.69) is 4.90 Å². The normalized spacial score (nSPS) is 18.7. The van der Waals surface area contributed by atoms with E-state index in [0.717, 1.165) is 11.0 Å². The molecule has 0 unspecified atom stereocenters. The molecule has 8 nitrogen and oxygen atoms in total. The molecule has 2 saturated heterocycles. The predicted octanol–water partition coefficient (Wildman–Crippen LogP) is 4.71. The van der Waals surface area contributed by atoms with Gasteiger partial charge in [0, 0.05) is 51.9 Å². The fraction of sp³-hybridized carbons (Fsp3) is 0.481. The highest BCUT2D eigenvalue weighted by Gasteiger charge is 2.57. The molecule has 0 radical (unpaired) electrons. The fourth-order valence-corrected chi connectivity index (χ4v) is 5.16. The zero-order chi connectivity index (χ0) is 31.0. The Kier molecular flexibility index (Phi) is 8.91. The number of carbonyl (C=O) groups is 2. The lowest BCUT2D eigenvalue weighted by Crippen LogP contribution is -2.62. The lowest BCUT2D eigenvalue weighted by atomic mass is 9.98. The SMILES string of the molecule is CN(C)C(=O)c1ccc(OC2CN(C3CCN(C(=O)N[C@](O)(c4cccc(C(F)(F)F)c4)C(F)(F)F)CC3)C2)cc1Cl. The van der Waals surface area contributed by atoms with Gasteiger partial charge in [0.1, 0.15) is 11.9 Å². The first-order valence-corrected chi connectivity index (χ1v) is 13.3. The minimum absolute atomic E-state index is 0.0301. The van der Waals surface area contributed by atoms with Gasteiger partial charge in [0.05, 0.1) is 16.1 Å². The third kappa shape index (κ3) is 6.70. The first kappa shape index (κ1) is 31.7. The average molecular weight is 623 g/mol. The highest BCUT2D eigenvalue weighted by molar-refractivity contribution is 6.34. The molecule has 3 amide bonds. The summed E-state index contributed by atoms with van der Waals surface area (Å²) in [4.78, 5) is 29.5. The number of carbonyl (C=O) groups excluding carboxylic acids is 2. The summed E-state index contributed by atoms with van der Waals surface area (Å²) in [7, 11) is 3.23. The molecule has 15 heteroatoms. The Morgan fingerprint density at radius 1 is 1.00 bits per heavy atom. The number of nitrogens with one attached hydrogen (secondary N) is 1. The van der Waals surface area contributed by atoms with Gasteiger partial charge in [-0.15, -0.1) is 0 Å². The van der Waals surface area contributed by atoms with Gasteiger partial charge < -0.3 is 19.6 Å². The van der Waals surface area contributed by atoms with Gasteiger partial charge in [-0.25, -0.2) is 4.79 Å². The van der Waals surface area contributed by atoms with E-state index in [9.17, 15) is 41.0 Å². The van der Waals surface area contributed by atoms with Gasteiger partial charge in [0.15, 0.2) is 0 Å². The molecule has 2 N–H and O–H groups in total. The summed E-state index contributed by atoms with van der Waals surface area (Å²) in [5.41, 5.74) is -6.22. The van der Waals surface area contributed by atoms with Crippen molar-refractivity contribution in [2.45, 2.75) is 43.1 Å². The Morgan fingerprint density at radius 2 is 1.62 bits per heavy atom. The number of alkyl halides is 6. The Balaban J connectivity index is 1.30. The third-order valence-corrected chi connectivity index (χ3v) is 7.64. The maximum Gasteiger partial charge on any atom is 0.441 e.